The monoisotopic (exact) mass is 777 g/mol. The van der Waals surface area contributed by atoms with Crippen LogP contribution in [-0.4, -0.2) is 0 Å². The van der Waals surface area contributed by atoms with Crippen LogP contribution in [0.3, 0.4) is 0 Å². The minimum Gasteiger partial charge on any atom is -0.310 e. The summed E-state index contributed by atoms with van der Waals surface area (Å²) in [6.45, 7) is 4.81. The second-order valence-corrected chi connectivity index (χ2v) is 17.2. The summed E-state index contributed by atoms with van der Waals surface area (Å²) in [6.07, 6.45) is 0. The fourth-order valence-corrected chi connectivity index (χ4v) is 11.0. The molecule has 0 bridgehead atoms. The van der Waals surface area contributed by atoms with E-state index >= 15 is 0 Å². The number of hydrogen-bond acceptors (Lipinski definition) is 1. The highest BCUT2D eigenvalue weighted by Crippen LogP contribution is 2.62. The van der Waals surface area contributed by atoms with Gasteiger partial charge in [-0.15, -0.1) is 0 Å². The van der Waals surface area contributed by atoms with Crippen LogP contribution in [0.4, 0.5) is 17.1 Å². The largest absolute Gasteiger partial charge is 0.310 e. The maximum atomic E-state index is 2.54. The second kappa shape index (κ2) is 13.5. The van der Waals surface area contributed by atoms with Gasteiger partial charge in [-0.25, -0.2) is 0 Å². The molecule has 0 saturated carbocycles. The average Bonchev–Trinajstić information content (AvgIpc) is 3.62. The summed E-state index contributed by atoms with van der Waals surface area (Å²) in [4.78, 5) is 2.51. The van der Waals surface area contributed by atoms with E-state index in [4.69, 9.17) is 0 Å². The van der Waals surface area contributed by atoms with Gasteiger partial charge in [0.05, 0.1) is 11.1 Å². The zero-order chi connectivity index (χ0) is 40.7. The molecule has 0 unspecified atom stereocenters. The first-order valence-corrected chi connectivity index (χ1v) is 21.4. The summed E-state index contributed by atoms with van der Waals surface area (Å²) in [6, 6.07) is 83.6. The highest BCUT2D eigenvalue weighted by Gasteiger charge is 2.53. The second-order valence-electron chi connectivity index (χ2n) is 17.2. The van der Waals surface area contributed by atoms with Crippen LogP contribution in [0.5, 0.6) is 0 Å². The van der Waals surface area contributed by atoms with Gasteiger partial charge in [0.2, 0.25) is 0 Å². The van der Waals surface area contributed by atoms with Crippen molar-refractivity contribution in [2.24, 2.45) is 0 Å². The smallest absolute Gasteiger partial charge is 0.0720 e. The van der Waals surface area contributed by atoms with Gasteiger partial charge in [0.15, 0.2) is 0 Å². The fraction of sp³-hybridized carbons (Fsp3) is 0.0667. The van der Waals surface area contributed by atoms with Gasteiger partial charge in [-0.3, -0.25) is 0 Å². The first-order valence-electron chi connectivity index (χ1n) is 21.4. The summed E-state index contributed by atoms with van der Waals surface area (Å²) >= 11 is 0. The lowest BCUT2D eigenvalue weighted by molar-refractivity contribution is 0.563. The molecule has 0 atom stereocenters. The Bertz CT molecular complexity index is 3290. The third kappa shape index (κ3) is 5.14. The maximum Gasteiger partial charge on any atom is 0.0720 e. The normalized spacial score (nSPS) is 14.0. The molecule has 0 fully saturated rings. The third-order valence-electron chi connectivity index (χ3n) is 13.7. The van der Waals surface area contributed by atoms with Crippen molar-refractivity contribution in [1.82, 2.24) is 0 Å². The molecule has 0 radical (unpaired) electrons. The molecule has 0 heterocycles. The Hall–Kier alpha value is -7.48. The van der Waals surface area contributed by atoms with Crippen LogP contribution in [0, 0.1) is 0 Å². The molecular formula is C60H43N. The summed E-state index contributed by atoms with van der Waals surface area (Å²) < 4.78 is 0. The van der Waals surface area contributed by atoms with Crippen LogP contribution in [0.15, 0.2) is 224 Å². The van der Waals surface area contributed by atoms with Crippen LogP contribution in [0.25, 0.3) is 54.9 Å². The number of nitrogens with zero attached hydrogens (tertiary/aromatic N) is 1. The number of hydrogen-bond donors (Lipinski definition) is 0. The van der Waals surface area contributed by atoms with Gasteiger partial charge in [-0.2, -0.15) is 0 Å². The standard InChI is InChI=1S/C60H43N/c1-59(2)54-30-16-17-31-56(54)60(52-28-14-12-25-49(52)50-26-13-15-29-53(50)60)57-39-44(36-37-55(57)59)61(58-38-42-20-6-7-23-47(42)48-24-10-11-27-51(48)58)43-34-32-41(33-35-43)46-22-9-8-21-45(46)40-18-4-3-5-19-40/h3-39H,1-2H3. The summed E-state index contributed by atoms with van der Waals surface area (Å²) in [5, 5.41) is 4.95. The number of rotatable bonds is 5. The van der Waals surface area contributed by atoms with Gasteiger partial charge < -0.3 is 4.90 Å². The highest BCUT2D eigenvalue weighted by atomic mass is 15.1. The van der Waals surface area contributed by atoms with Gasteiger partial charge in [0, 0.05) is 22.2 Å². The van der Waals surface area contributed by atoms with E-state index in [1.54, 1.807) is 0 Å². The third-order valence-corrected chi connectivity index (χ3v) is 13.7. The molecule has 10 aromatic carbocycles. The summed E-state index contributed by atoms with van der Waals surface area (Å²) in [5.74, 6) is 0. The van der Waals surface area contributed by atoms with E-state index in [1.807, 2.05) is 0 Å². The molecule has 0 N–H and O–H groups in total. The molecule has 0 aromatic heterocycles. The molecule has 61 heavy (non-hydrogen) atoms. The van der Waals surface area contributed by atoms with E-state index in [-0.39, 0.29) is 5.41 Å². The van der Waals surface area contributed by atoms with Crippen molar-refractivity contribution in [2.75, 3.05) is 4.90 Å². The lowest BCUT2D eigenvalue weighted by Gasteiger charge is -2.47. The van der Waals surface area contributed by atoms with Crippen molar-refractivity contribution in [3.63, 3.8) is 0 Å². The summed E-state index contributed by atoms with van der Waals surface area (Å²) in [5.41, 5.74) is 18.3. The Labute approximate surface area is 357 Å². The molecule has 10 aromatic rings. The van der Waals surface area contributed by atoms with Crippen LogP contribution in [-0.2, 0) is 10.8 Å². The van der Waals surface area contributed by atoms with Crippen molar-refractivity contribution in [3.05, 3.63) is 258 Å². The maximum absolute atomic E-state index is 2.54. The van der Waals surface area contributed by atoms with Crippen molar-refractivity contribution in [3.8, 4) is 33.4 Å². The number of anilines is 3. The molecule has 1 heteroatoms. The van der Waals surface area contributed by atoms with Gasteiger partial charge in [-0.05, 0) is 113 Å². The minimum absolute atomic E-state index is 0.226. The Morgan fingerprint density at radius 2 is 0.787 bits per heavy atom. The number of fused-ring (bicyclic) bond motifs is 12. The quantitative estimate of drug-likeness (QED) is 0.157. The molecule has 1 nitrogen and oxygen atoms in total. The van der Waals surface area contributed by atoms with Crippen molar-refractivity contribution in [2.45, 2.75) is 24.7 Å². The zero-order valence-corrected chi connectivity index (χ0v) is 34.3. The molecule has 12 rings (SSSR count). The summed E-state index contributed by atoms with van der Waals surface area (Å²) in [7, 11) is 0. The Morgan fingerprint density at radius 1 is 0.311 bits per heavy atom. The molecule has 2 aliphatic carbocycles. The molecule has 1 spiro atoms. The van der Waals surface area contributed by atoms with Crippen LogP contribution in [0.1, 0.15) is 47.2 Å². The molecule has 0 saturated heterocycles. The van der Waals surface area contributed by atoms with E-state index in [1.165, 1.54) is 88.3 Å². The predicted molar refractivity (Wildman–Crippen MR) is 256 cm³/mol. The Morgan fingerprint density at radius 3 is 1.46 bits per heavy atom. The van der Waals surface area contributed by atoms with Crippen molar-refractivity contribution in [1.29, 1.82) is 0 Å². The minimum atomic E-state index is -0.493. The molecule has 0 aliphatic heterocycles. The van der Waals surface area contributed by atoms with Gasteiger partial charge in [0.1, 0.15) is 0 Å². The van der Waals surface area contributed by atoms with Gasteiger partial charge >= 0.3 is 0 Å². The molecular weight excluding hydrogens is 735 g/mol. The van der Waals surface area contributed by atoms with Gasteiger partial charge in [-0.1, -0.05) is 208 Å². The van der Waals surface area contributed by atoms with E-state index in [9.17, 15) is 0 Å². The zero-order valence-electron chi connectivity index (χ0n) is 34.3. The van der Waals surface area contributed by atoms with Crippen molar-refractivity contribution < 1.29 is 0 Å². The molecule has 288 valence electrons. The lowest BCUT2D eigenvalue weighted by atomic mass is 9.55. The van der Waals surface area contributed by atoms with E-state index in [0.29, 0.717) is 0 Å². The average molecular weight is 778 g/mol. The van der Waals surface area contributed by atoms with Crippen LogP contribution < -0.4 is 4.90 Å². The molecule has 0 amide bonds. The van der Waals surface area contributed by atoms with E-state index in [0.717, 1.165) is 17.1 Å². The van der Waals surface area contributed by atoms with E-state index in [2.05, 4.69) is 243 Å². The Balaban J connectivity index is 1.13. The lowest BCUT2D eigenvalue weighted by Crippen LogP contribution is -2.40. The Kier molecular flexibility index (Phi) is 7.86. The van der Waals surface area contributed by atoms with E-state index < -0.39 is 5.41 Å². The van der Waals surface area contributed by atoms with Crippen molar-refractivity contribution >= 4 is 38.6 Å². The topological polar surface area (TPSA) is 3.24 Å². The fourth-order valence-electron chi connectivity index (χ4n) is 11.0. The van der Waals surface area contributed by atoms with Crippen LogP contribution in [0.2, 0.25) is 0 Å². The molecule has 2 aliphatic rings. The first kappa shape index (κ1) is 35.5. The predicted octanol–water partition coefficient (Wildman–Crippen LogP) is 15.8. The number of benzene rings is 10. The van der Waals surface area contributed by atoms with Gasteiger partial charge in [0.25, 0.3) is 0 Å². The van der Waals surface area contributed by atoms with Crippen LogP contribution >= 0.6 is 0 Å². The first-order chi connectivity index (χ1) is 30.0. The highest BCUT2D eigenvalue weighted by molar-refractivity contribution is 6.14. The SMILES string of the molecule is CC1(C)c2ccccc2C2(c3ccccc3-c3ccccc32)c2cc(N(c3ccc(-c4ccccc4-c4ccccc4)cc3)c3cc4ccccc4c4ccccc34)ccc21.